The van der Waals surface area contributed by atoms with Gasteiger partial charge in [-0.2, -0.15) is 0 Å². The Morgan fingerprint density at radius 2 is 1.73 bits per heavy atom. The third-order valence-electron chi connectivity index (χ3n) is 4.96. The van der Waals surface area contributed by atoms with Crippen molar-refractivity contribution >= 4 is 16.3 Å². The second kappa shape index (κ2) is 12.0. The van der Waals surface area contributed by atoms with Crippen molar-refractivity contribution in [3.8, 4) is 0 Å². The van der Waals surface area contributed by atoms with Crippen molar-refractivity contribution in [2.24, 2.45) is 0 Å². The van der Waals surface area contributed by atoms with Gasteiger partial charge in [-0.25, -0.2) is 0 Å². The van der Waals surface area contributed by atoms with Crippen LogP contribution in [-0.4, -0.2) is 6.54 Å². The summed E-state index contributed by atoms with van der Waals surface area (Å²) in [6.07, 6.45) is 5.79. The van der Waals surface area contributed by atoms with Crippen LogP contribution in [0.1, 0.15) is 51.2 Å². The smallest absolute Gasteiger partial charge is 1.00 e. The van der Waals surface area contributed by atoms with E-state index in [1.165, 1.54) is 51.5 Å². The van der Waals surface area contributed by atoms with E-state index in [0.717, 1.165) is 19.5 Å². The predicted molar refractivity (Wildman–Crippen MR) is 102 cm³/mol. The maximum absolute atomic E-state index is 4.82. The summed E-state index contributed by atoms with van der Waals surface area (Å²) >= 11 is 0. The number of hydrogen-bond acceptors (Lipinski definition) is 0. The summed E-state index contributed by atoms with van der Waals surface area (Å²) in [6.45, 7) is 8.48. The maximum atomic E-state index is 4.82. The van der Waals surface area contributed by atoms with Crippen molar-refractivity contribution in [3.63, 3.8) is 0 Å². The zero-order valence-electron chi connectivity index (χ0n) is 15.8. The van der Waals surface area contributed by atoms with E-state index >= 15 is 0 Å². The first-order chi connectivity index (χ1) is 11.2. The van der Waals surface area contributed by atoms with Crippen molar-refractivity contribution in [3.05, 3.63) is 70.1 Å². The van der Waals surface area contributed by atoms with Gasteiger partial charge in [-0.05, 0) is 47.8 Å². The Morgan fingerprint density at radius 1 is 1.00 bits per heavy atom. The summed E-state index contributed by atoms with van der Waals surface area (Å²) in [7, 11) is 0. The molecule has 0 bridgehead atoms. The molecular weight excluding hydrogens is 397 g/mol. The number of hydrogen-bond donors (Lipinski definition) is 0. The maximum Gasteiger partial charge on any atom is 3.00 e. The molecule has 0 fully saturated rings. The van der Waals surface area contributed by atoms with Crippen LogP contribution in [0, 0.1) is 0 Å². The van der Waals surface area contributed by atoms with Crippen LogP contribution in [0.4, 0.5) is 0 Å². The minimum atomic E-state index is 0. The van der Waals surface area contributed by atoms with Crippen LogP contribution in [0.15, 0.2) is 53.6 Å². The van der Waals surface area contributed by atoms with Gasteiger partial charge in [-0.15, -0.1) is 13.1 Å². The minimum absolute atomic E-state index is 0. The molecule has 2 aromatic carbocycles. The molecule has 4 heteroatoms. The summed E-state index contributed by atoms with van der Waals surface area (Å²) in [5.41, 5.74) is 7.14. The molecule has 26 heavy (non-hydrogen) atoms. The monoisotopic (exact) mass is 422 g/mol. The molecule has 0 aliphatic heterocycles. The molecule has 2 aromatic rings. The van der Waals surface area contributed by atoms with E-state index in [0.29, 0.717) is 0 Å². The molecule has 0 aromatic heterocycles. The van der Waals surface area contributed by atoms with Gasteiger partial charge in [-0.1, -0.05) is 73.4 Å². The molecule has 3 rings (SSSR count). The van der Waals surface area contributed by atoms with E-state index in [1.807, 2.05) is 0 Å². The fourth-order valence-electron chi connectivity index (χ4n) is 3.36. The van der Waals surface area contributed by atoms with Crippen molar-refractivity contribution in [1.29, 1.82) is 0 Å². The van der Waals surface area contributed by atoms with Gasteiger partial charge < -0.3 is 30.1 Å². The van der Waals surface area contributed by atoms with Gasteiger partial charge in [0, 0.05) is 0 Å². The van der Waals surface area contributed by atoms with Crippen LogP contribution in [0.5, 0.6) is 0 Å². The fourth-order valence-corrected chi connectivity index (χ4v) is 3.36. The number of rotatable bonds is 6. The van der Waals surface area contributed by atoms with E-state index in [2.05, 4.69) is 63.2 Å². The topological polar surface area (TPSA) is 14.1 Å². The Labute approximate surface area is 185 Å². The van der Waals surface area contributed by atoms with Gasteiger partial charge in [-0.3, -0.25) is 0 Å². The van der Waals surface area contributed by atoms with E-state index in [9.17, 15) is 0 Å². The Morgan fingerprint density at radius 3 is 2.38 bits per heavy atom. The molecule has 0 spiro atoms. The molecule has 0 atom stereocenters. The third-order valence-corrected chi connectivity index (χ3v) is 4.96. The van der Waals surface area contributed by atoms with Gasteiger partial charge in [0.1, 0.15) is 0 Å². The van der Waals surface area contributed by atoms with Crippen LogP contribution in [0.2, 0.25) is 0 Å². The third kappa shape index (κ3) is 5.47. The van der Waals surface area contributed by atoms with Gasteiger partial charge >= 0.3 is 21.7 Å². The molecule has 0 amide bonds. The zero-order valence-corrected chi connectivity index (χ0v) is 18.9. The molecule has 137 valence electrons. The van der Waals surface area contributed by atoms with E-state index in [-0.39, 0.29) is 46.5 Å². The Bertz CT molecular complexity index is 781. The summed E-state index contributed by atoms with van der Waals surface area (Å²) in [5, 5.41) is 7.49. The van der Waals surface area contributed by atoms with Crippen molar-refractivity contribution < 1.29 is 46.5 Å². The summed E-state index contributed by atoms with van der Waals surface area (Å²) in [5.74, 6) is 0. The van der Waals surface area contributed by atoms with Gasteiger partial charge in [0.15, 0.2) is 0 Å². The summed E-state index contributed by atoms with van der Waals surface area (Å²) in [4.78, 5) is 0. The largest absolute Gasteiger partial charge is 3.00 e. The fraction of sp³-hybridized carbons (Fsp3) is 0.364. The van der Waals surface area contributed by atoms with Gasteiger partial charge in [0.2, 0.25) is 0 Å². The Hall–Kier alpha value is -0.566. The molecular formula is C22H26Cl2NTi. The van der Waals surface area contributed by atoms with E-state index < -0.39 is 0 Å². The molecule has 1 radical (unpaired) electrons. The van der Waals surface area contributed by atoms with Crippen LogP contribution >= 0.6 is 0 Å². The number of halogens is 2. The molecule has 0 unspecified atom stereocenters. The average molecular weight is 423 g/mol. The summed E-state index contributed by atoms with van der Waals surface area (Å²) < 4.78 is 0. The molecule has 1 aliphatic carbocycles. The predicted octanol–water partition coefficient (Wildman–Crippen LogP) is 0.643. The number of fused-ring (bicyclic) bond motifs is 1. The molecule has 1 aliphatic rings. The first kappa shape index (κ1) is 25.4. The quantitative estimate of drug-likeness (QED) is 0.479. The standard InChI is InChI=1S/C22H26N.2ClH.Ti/c1-4-5-14-23-15-22-20-9-7-6-8-18(20)11-13-21(22)19-12-10-16(2)17(19)3;;;/h6-11,13H,4-5,12,14-15H2,1-3H3;2*1H;/q-1;;;+3/p-2. The second-order valence-electron chi connectivity index (χ2n) is 6.47. The van der Waals surface area contributed by atoms with Crippen LogP contribution in [-0.2, 0) is 28.3 Å². The summed E-state index contributed by atoms with van der Waals surface area (Å²) in [6, 6.07) is 13.3. The van der Waals surface area contributed by atoms with Crippen molar-refractivity contribution in [2.45, 2.75) is 46.6 Å². The average Bonchev–Trinajstić information content (AvgIpc) is 2.91. The normalized spacial score (nSPS) is 13.0. The van der Waals surface area contributed by atoms with Crippen LogP contribution in [0.3, 0.4) is 0 Å². The van der Waals surface area contributed by atoms with E-state index in [1.54, 1.807) is 0 Å². The molecule has 1 nitrogen and oxygen atoms in total. The first-order valence-electron chi connectivity index (χ1n) is 8.73. The molecule has 0 saturated heterocycles. The zero-order chi connectivity index (χ0) is 16.2. The van der Waals surface area contributed by atoms with Crippen LogP contribution < -0.4 is 24.8 Å². The SMILES string of the molecule is CCCC[N-]Cc1c(C2=C(C)C(C)=CC2)ccc2ccccc12.[Cl-].[Cl-].[Ti+3]. The van der Waals surface area contributed by atoms with Crippen molar-refractivity contribution in [2.75, 3.05) is 6.54 Å². The number of allylic oxidation sites excluding steroid dienone is 4. The molecule has 0 heterocycles. The number of benzene rings is 2. The molecule has 0 N–H and O–H groups in total. The Balaban J connectivity index is 0.00000208. The van der Waals surface area contributed by atoms with Gasteiger partial charge in [0.05, 0.1) is 0 Å². The number of nitrogens with zero attached hydrogens (tertiary/aromatic N) is 1. The van der Waals surface area contributed by atoms with Gasteiger partial charge in [0.25, 0.3) is 0 Å². The first-order valence-corrected chi connectivity index (χ1v) is 8.73. The van der Waals surface area contributed by atoms with E-state index in [4.69, 9.17) is 5.32 Å². The van der Waals surface area contributed by atoms with Crippen LogP contribution in [0.25, 0.3) is 21.7 Å². The minimum Gasteiger partial charge on any atom is -1.00 e. The second-order valence-corrected chi connectivity index (χ2v) is 6.47. The van der Waals surface area contributed by atoms with Crippen molar-refractivity contribution in [1.82, 2.24) is 0 Å². The molecule has 0 saturated carbocycles. The Kier molecular flexibility index (Phi) is 11.7. The number of unbranched alkanes of at least 4 members (excludes halogenated alkanes) is 1.